The van der Waals surface area contributed by atoms with Gasteiger partial charge in [-0.1, -0.05) is 26.7 Å². The lowest BCUT2D eigenvalue weighted by atomic mass is 9.78. The summed E-state index contributed by atoms with van der Waals surface area (Å²) < 4.78 is 5.16. The number of hydrogen-bond acceptors (Lipinski definition) is 2. The van der Waals surface area contributed by atoms with Gasteiger partial charge in [-0.25, -0.2) is 0 Å². The zero-order chi connectivity index (χ0) is 13.0. The van der Waals surface area contributed by atoms with Gasteiger partial charge in [0.1, 0.15) is 0 Å². The average molecular weight is 249 g/mol. The molecule has 2 rings (SSSR count). The van der Waals surface area contributed by atoms with Crippen LogP contribution in [0.2, 0.25) is 0 Å². The predicted octanol–water partition coefficient (Wildman–Crippen LogP) is 4.54. The first kappa shape index (κ1) is 13.7. The van der Waals surface area contributed by atoms with E-state index in [1.165, 1.54) is 37.7 Å². The Morgan fingerprint density at radius 2 is 2.00 bits per heavy atom. The van der Waals surface area contributed by atoms with E-state index >= 15 is 0 Å². The molecule has 1 aromatic rings. The minimum Gasteiger partial charge on any atom is -0.472 e. The van der Waals surface area contributed by atoms with Crippen molar-refractivity contribution >= 4 is 0 Å². The Balaban J connectivity index is 1.90. The van der Waals surface area contributed by atoms with Crippen LogP contribution in [0.1, 0.15) is 64.5 Å². The maximum absolute atomic E-state index is 5.16. The van der Waals surface area contributed by atoms with Crippen molar-refractivity contribution in [3.05, 3.63) is 24.2 Å². The Bertz CT molecular complexity index is 336. The fraction of sp³-hybridized carbons (Fsp3) is 0.750. The second-order valence-electron chi connectivity index (χ2n) is 6.46. The van der Waals surface area contributed by atoms with Gasteiger partial charge in [-0.2, -0.15) is 0 Å². The second kappa shape index (κ2) is 5.92. The van der Waals surface area contributed by atoms with E-state index in [0.717, 1.165) is 12.5 Å². The highest BCUT2D eigenvalue weighted by molar-refractivity contribution is 5.10. The van der Waals surface area contributed by atoms with Crippen LogP contribution in [-0.4, -0.2) is 6.54 Å². The highest BCUT2D eigenvalue weighted by atomic mass is 16.3. The molecule has 1 aliphatic rings. The van der Waals surface area contributed by atoms with Gasteiger partial charge >= 0.3 is 0 Å². The van der Waals surface area contributed by atoms with Crippen LogP contribution in [0.15, 0.2) is 23.0 Å². The summed E-state index contributed by atoms with van der Waals surface area (Å²) in [7, 11) is 0. The van der Waals surface area contributed by atoms with Gasteiger partial charge < -0.3 is 9.73 Å². The van der Waals surface area contributed by atoms with Crippen molar-refractivity contribution in [2.75, 3.05) is 6.54 Å². The first-order valence-corrected chi connectivity index (χ1v) is 7.37. The maximum atomic E-state index is 5.16. The van der Waals surface area contributed by atoms with Gasteiger partial charge in [0.2, 0.25) is 0 Å². The van der Waals surface area contributed by atoms with Crippen molar-refractivity contribution in [3.8, 4) is 0 Å². The molecule has 0 saturated heterocycles. The average Bonchev–Trinajstić information content (AvgIpc) is 2.96. The molecular weight excluding hydrogens is 222 g/mol. The van der Waals surface area contributed by atoms with Crippen molar-refractivity contribution in [2.45, 2.75) is 58.9 Å². The fourth-order valence-electron chi connectivity index (χ4n) is 3.45. The summed E-state index contributed by atoms with van der Waals surface area (Å²) in [6, 6.07) is 2.45. The first-order chi connectivity index (χ1) is 8.61. The van der Waals surface area contributed by atoms with Gasteiger partial charge in [-0.3, -0.25) is 0 Å². The summed E-state index contributed by atoms with van der Waals surface area (Å²) in [5, 5.41) is 3.71. The molecule has 1 aliphatic carbocycles. The van der Waals surface area contributed by atoms with E-state index in [1.807, 2.05) is 6.26 Å². The third-order valence-corrected chi connectivity index (χ3v) is 4.33. The molecule has 18 heavy (non-hydrogen) atoms. The number of nitrogens with one attached hydrogen (secondary N) is 1. The Kier molecular flexibility index (Phi) is 4.50. The molecule has 1 N–H and O–H groups in total. The van der Waals surface area contributed by atoms with Crippen LogP contribution in [0.4, 0.5) is 0 Å². The topological polar surface area (TPSA) is 25.2 Å². The van der Waals surface area contributed by atoms with E-state index in [9.17, 15) is 0 Å². The zero-order valence-electron chi connectivity index (χ0n) is 12.0. The van der Waals surface area contributed by atoms with Crippen molar-refractivity contribution in [2.24, 2.45) is 11.3 Å². The summed E-state index contributed by atoms with van der Waals surface area (Å²) in [6.45, 7) is 8.07. The van der Waals surface area contributed by atoms with E-state index in [2.05, 4.69) is 32.2 Å². The summed E-state index contributed by atoms with van der Waals surface area (Å²) >= 11 is 0. The normalized spacial score (nSPS) is 20.4. The molecule has 1 fully saturated rings. The third-order valence-electron chi connectivity index (χ3n) is 4.33. The minimum absolute atomic E-state index is 0.397. The molecule has 2 heteroatoms. The Morgan fingerprint density at radius 1 is 1.28 bits per heavy atom. The van der Waals surface area contributed by atoms with Crippen molar-refractivity contribution in [1.82, 2.24) is 5.32 Å². The molecule has 0 aliphatic heterocycles. The monoisotopic (exact) mass is 249 g/mol. The van der Waals surface area contributed by atoms with E-state index < -0.39 is 0 Å². The standard InChI is InChI=1S/C16H27NO/c1-13(2)10-16(7-4-5-8-16)12-17-14(3)15-6-9-18-11-15/h6,9,11,13-14,17H,4-5,7-8,10,12H2,1-3H3. The summed E-state index contributed by atoms with van der Waals surface area (Å²) in [5.41, 5.74) is 1.80. The van der Waals surface area contributed by atoms with Crippen LogP contribution in [0.25, 0.3) is 0 Å². The molecule has 0 aromatic carbocycles. The highest BCUT2D eigenvalue weighted by Gasteiger charge is 2.34. The van der Waals surface area contributed by atoms with Gasteiger partial charge in [0.15, 0.2) is 0 Å². The van der Waals surface area contributed by atoms with Gasteiger partial charge in [-0.05, 0) is 43.6 Å². The fourth-order valence-corrected chi connectivity index (χ4v) is 3.45. The number of hydrogen-bond donors (Lipinski definition) is 1. The van der Waals surface area contributed by atoms with Crippen LogP contribution < -0.4 is 5.32 Å². The Morgan fingerprint density at radius 3 is 2.56 bits per heavy atom. The molecule has 1 heterocycles. The molecule has 1 saturated carbocycles. The second-order valence-corrected chi connectivity index (χ2v) is 6.46. The number of furan rings is 1. The van der Waals surface area contributed by atoms with Gasteiger partial charge in [-0.15, -0.1) is 0 Å². The maximum Gasteiger partial charge on any atom is 0.0950 e. The molecule has 1 atom stereocenters. The molecule has 0 bridgehead atoms. The molecule has 0 spiro atoms. The van der Waals surface area contributed by atoms with Crippen molar-refractivity contribution in [1.29, 1.82) is 0 Å². The SMILES string of the molecule is CC(C)CC1(CNC(C)c2ccoc2)CCCC1. The summed E-state index contributed by atoms with van der Waals surface area (Å²) in [5.74, 6) is 0.800. The molecule has 1 unspecified atom stereocenters. The van der Waals surface area contributed by atoms with Crippen LogP contribution in [0.3, 0.4) is 0 Å². The molecule has 102 valence electrons. The van der Waals surface area contributed by atoms with Gasteiger partial charge in [0, 0.05) is 18.2 Å². The van der Waals surface area contributed by atoms with E-state index in [-0.39, 0.29) is 0 Å². The summed E-state index contributed by atoms with van der Waals surface area (Å²) in [4.78, 5) is 0. The minimum atomic E-state index is 0.397. The summed E-state index contributed by atoms with van der Waals surface area (Å²) in [6.07, 6.45) is 10.6. The van der Waals surface area contributed by atoms with E-state index in [4.69, 9.17) is 4.42 Å². The lowest BCUT2D eigenvalue weighted by molar-refractivity contribution is 0.217. The zero-order valence-corrected chi connectivity index (χ0v) is 12.0. The van der Waals surface area contributed by atoms with Crippen molar-refractivity contribution < 1.29 is 4.42 Å². The molecule has 0 amide bonds. The van der Waals surface area contributed by atoms with Gasteiger partial charge in [0.25, 0.3) is 0 Å². The van der Waals surface area contributed by atoms with Crippen LogP contribution in [0, 0.1) is 11.3 Å². The largest absolute Gasteiger partial charge is 0.472 e. The van der Waals surface area contributed by atoms with E-state index in [1.54, 1.807) is 6.26 Å². The van der Waals surface area contributed by atoms with Crippen LogP contribution in [0.5, 0.6) is 0 Å². The lowest BCUT2D eigenvalue weighted by Gasteiger charge is -2.32. The Hall–Kier alpha value is -0.760. The molecular formula is C16H27NO. The first-order valence-electron chi connectivity index (χ1n) is 7.37. The smallest absolute Gasteiger partial charge is 0.0950 e. The van der Waals surface area contributed by atoms with Crippen LogP contribution in [-0.2, 0) is 0 Å². The lowest BCUT2D eigenvalue weighted by Crippen LogP contribution is -2.34. The molecule has 0 radical (unpaired) electrons. The predicted molar refractivity (Wildman–Crippen MR) is 75.5 cm³/mol. The molecule has 1 aromatic heterocycles. The quantitative estimate of drug-likeness (QED) is 0.801. The number of rotatable bonds is 6. The van der Waals surface area contributed by atoms with Crippen LogP contribution >= 0.6 is 0 Å². The highest BCUT2D eigenvalue weighted by Crippen LogP contribution is 2.42. The molecule has 2 nitrogen and oxygen atoms in total. The van der Waals surface area contributed by atoms with Crippen molar-refractivity contribution in [3.63, 3.8) is 0 Å². The third kappa shape index (κ3) is 3.38. The Labute approximate surface area is 111 Å². The van der Waals surface area contributed by atoms with Gasteiger partial charge in [0.05, 0.1) is 12.5 Å². The van der Waals surface area contributed by atoms with E-state index in [0.29, 0.717) is 11.5 Å².